The van der Waals surface area contributed by atoms with Gasteiger partial charge >= 0.3 is 0 Å². The number of carbonyl (C=O) groups excluding carboxylic acids is 1. The summed E-state index contributed by atoms with van der Waals surface area (Å²) in [6.45, 7) is 8.70. The number of amides is 1. The third-order valence-corrected chi connectivity index (χ3v) is 3.03. The van der Waals surface area contributed by atoms with E-state index in [4.69, 9.17) is 4.74 Å². The molecule has 114 valence electrons. The van der Waals surface area contributed by atoms with Gasteiger partial charge in [-0.1, -0.05) is 13.8 Å². The molecule has 0 aliphatic carbocycles. The zero-order valence-electron chi connectivity index (χ0n) is 12.1. The number of halogens is 1. The Morgan fingerprint density at radius 2 is 2.26 bits per heavy atom. The van der Waals surface area contributed by atoms with Gasteiger partial charge in [-0.15, -0.1) is 12.4 Å². The predicted molar refractivity (Wildman–Crippen MR) is 77.6 cm³/mol. The molecule has 5 nitrogen and oxygen atoms in total. The summed E-state index contributed by atoms with van der Waals surface area (Å²) < 4.78 is 5.48. The van der Waals surface area contributed by atoms with Crippen molar-refractivity contribution < 1.29 is 14.6 Å². The van der Waals surface area contributed by atoms with Gasteiger partial charge in [0.05, 0.1) is 25.2 Å². The molecule has 0 spiro atoms. The van der Waals surface area contributed by atoms with Crippen LogP contribution in [0, 0.1) is 5.41 Å². The van der Waals surface area contributed by atoms with E-state index in [-0.39, 0.29) is 35.9 Å². The second-order valence-corrected chi connectivity index (χ2v) is 5.90. The van der Waals surface area contributed by atoms with Crippen LogP contribution in [-0.2, 0) is 9.53 Å². The van der Waals surface area contributed by atoms with Gasteiger partial charge in [-0.2, -0.15) is 0 Å². The van der Waals surface area contributed by atoms with Crippen LogP contribution in [0.15, 0.2) is 0 Å². The smallest absolute Gasteiger partial charge is 0.222 e. The Bertz CT molecular complexity index is 267. The highest BCUT2D eigenvalue weighted by molar-refractivity contribution is 5.85. The summed E-state index contributed by atoms with van der Waals surface area (Å²) in [5, 5.41) is 15.5. The molecular formula is C13H27ClN2O3. The van der Waals surface area contributed by atoms with Crippen LogP contribution < -0.4 is 10.6 Å². The van der Waals surface area contributed by atoms with Crippen LogP contribution in [0.25, 0.3) is 0 Å². The first-order valence-corrected chi connectivity index (χ1v) is 6.66. The highest BCUT2D eigenvalue weighted by atomic mass is 35.5. The summed E-state index contributed by atoms with van der Waals surface area (Å²) >= 11 is 0. The number of aliphatic hydroxyl groups excluding tert-OH is 1. The fourth-order valence-corrected chi connectivity index (χ4v) is 2.24. The average Bonchev–Trinajstić information content (AvgIpc) is 2.26. The van der Waals surface area contributed by atoms with Crippen molar-refractivity contribution in [1.82, 2.24) is 10.6 Å². The second-order valence-electron chi connectivity index (χ2n) is 5.90. The van der Waals surface area contributed by atoms with Crippen LogP contribution >= 0.6 is 12.4 Å². The molecule has 0 bridgehead atoms. The first-order valence-electron chi connectivity index (χ1n) is 6.66. The molecule has 0 aromatic carbocycles. The standard InChI is InChI=1S/C13H26N2O3.ClH/c1-10(16)7-13(2,3)9-15-12(17)6-11-8-14-4-5-18-11;/h10-11,14,16H,4-9H2,1-3H3,(H,15,17);1H. The lowest BCUT2D eigenvalue weighted by Crippen LogP contribution is -2.43. The van der Waals surface area contributed by atoms with Gasteiger partial charge in [-0.05, 0) is 18.8 Å². The Morgan fingerprint density at radius 1 is 1.58 bits per heavy atom. The molecule has 2 atom stereocenters. The van der Waals surface area contributed by atoms with E-state index < -0.39 is 0 Å². The molecule has 1 aliphatic rings. The normalized spacial score (nSPS) is 21.4. The zero-order valence-corrected chi connectivity index (χ0v) is 12.9. The quantitative estimate of drug-likeness (QED) is 0.674. The predicted octanol–water partition coefficient (Wildman–Crippen LogP) is 0.700. The summed E-state index contributed by atoms with van der Waals surface area (Å²) in [5.41, 5.74) is -0.0878. The Balaban J connectivity index is 0.00000324. The van der Waals surface area contributed by atoms with Crippen molar-refractivity contribution in [2.75, 3.05) is 26.2 Å². The fraction of sp³-hybridized carbons (Fsp3) is 0.923. The maximum Gasteiger partial charge on any atom is 0.222 e. The van der Waals surface area contributed by atoms with Crippen LogP contribution in [0.2, 0.25) is 0 Å². The number of carbonyl (C=O) groups is 1. The third kappa shape index (κ3) is 8.42. The van der Waals surface area contributed by atoms with Crippen LogP contribution in [0.4, 0.5) is 0 Å². The van der Waals surface area contributed by atoms with Crippen LogP contribution in [0.1, 0.15) is 33.6 Å². The molecule has 1 saturated heterocycles. The molecular weight excluding hydrogens is 268 g/mol. The minimum atomic E-state index is -0.345. The maximum absolute atomic E-state index is 11.8. The highest BCUT2D eigenvalue weighted by Gasteiger charge is 2.22. The first-order chi connectivity index (χ1) is 8.39. The molecule has 0 radical (unpaired) electrons. The summed E-state index contributed by atoms with van der Waals surface area (Å²) in [7, 11) is 0. The van der Waals surface area contributed by atoms with Gasteiger partial charge in [-0.3, -0.25) is 4.79 Å². The topological polar surface area (TPSA) is 70.6 Å². The van der Waals surface area contributed by atoms with E-state index >= 15 is 0 Å². The molecule has 2 unspecified atom stereocenters. The number of aliphatic hydroxyl groups is 1. The van der Waals surface area contributed by atoms with E-state index in [1.54, 1.807) is 6.92 Å². The number of ether oxygens (including phenoxy) is 1. The minimum Gasteiger partial charge on any atom is -0.393 e. The number of morpholine rings is 1. The number of rotatable bonds is 6. The summed E-state index contributed by atoms with van der Waals surface area (Å²) in [6, 6.07) is 0. The molecule has 1 fully saturated rings. The van der Waals surface area contributed by atoms with E-state index in [0.717, 1.165) is 13.1 Å². The van der Waals surface area contributed by atoms with Crippen LogP contribution in [-0.4, -0.2) is 49.5 Å². The number of hydrogen-bond acceptors (Lipinski definition) is 4. The molecule has 3 N–H and O–H groups in total. The van der Waals surface area contributed by atoms with Crippen LogP contribution in [0.3, 0.4) is 0 Å². The van der Waals surface area contributed by atoms with Crippen molar-refractivity contribution in [3.05, 3.63) is 0 Å². The van der Waals surface area contributed by atoms with Gasteiger partial charge in [0.2, 0.25) is 5.91 Å². The molecule has 1 rings (SSSR count). The largest absolute Gasteiger partial charge is 0.393 e. The molecule has 0 aromatic heterocycles. The monoisotopic (exact) mass is 294 g/mol. The van der Waals surface area contributed by atoms with Gasteiger partial charge in [0, 0.05) is 19.6 Å². The van der Waals surface area contributed by atoms with Crippen LogP contribution in [0.5, 0.6) is 0 Å². The molecule has 0 saturated carbocycles. The van der Waals surface area contributed by atoms with E-state index in [1.165, 1.54) is 0 Å². The Kier molecular flexibility index (Phi) is 8.57. The molecule has 1 amide bonds. The summed E-state index contributed by atoms with van der Waals surface area (Å²) in [6.07, 6.45) is 0.716. The van der Waals surface area contributed by atoms with Gasteiger partial charge in [0.15, 0.2) is 0 Å². The first kappa shape index (κ1) is 18.6. The summed E-state index contributed by atoms with van der Waals surface area (Å²) in [5.74, 6) is 0.0161. The second kappa shape index (κ2) is 8.74. The molecule has 1 aliphatic heterocycles. The van der Waals surface area contributed by atoms with Gasteiger partial charge < -0.3 is 20.5 Å². The van der Waals surface area contributed by atoms with Crippen molar-refractivity contribution in [2.45, 2.75) is 45.8 Å². The fourth-order valence-electron chi connectivity index (χ4n) is 2.24. The SMILES string of the molecule is CC(O)CC(C)(C)CNC(=O)CC1CNCCO1.Cl. The molecule has 0 aromatic rings. The van der Waals surface area contributed by atoms with E-state index in [9.17, 15) is 9.90 Å². The third-order valence-electron chi connectivity index (χ3n) is 3.03. The molecule has 6 heteroatoms. The van der Waals surface area contributed by atoms with Crippen molar-refractivity contribution in [3.8, 4) is 0 Å². The van der Waals surface area contributed by atoms with Gasteiger partial charge in [-0.25, -0.2) is 0 Å². The Morgan fingerprint density at radius 3 is 2.79 bits per heavy atom. The molecule has 1 heterocycles. The van der Waals surface area contributed by atoms with E-state index in [2.05, 4.69) is 10.6 Å². The lowest BCUT2D eigenvalue weighted by Gasteiger charge is -2.27. The van der Waals surface area contributed by atoms with Crippen molar-refractivity contribution in [2.24, 2.45) is 5.41 Å². The Hall–Kier alpha value is -0.360. The maximum atomic E-state index is 11.8. The van der Waals surface area contributed by atoms with Gasteiger partial charge in [0.25, 0.3) is 0 Å². The lowest BCUT2D eigenvalue weighted by atomic mass is 9.87. The highest BCUT2D eigenvalue weighted by Crippen LogP contribution is 2.21. The molecule has 19 heavy (non-hydrogen) atoms. The van der Waals surface area contributed by atoms with Crippen molar-refractivity contribution in [1.29, 1.82) is 0 Å². The number of hydrogen-bond donors (Lipinski definition) is 3. The van der Waals surface area contributed by atoms with E-state index in [0.29, 0.717) is 26.0 Å². The average molecular weight is 295 g/mol. The minimum absolute atomic E-state index is 0. The number of nitrogens with one attached hydrogen (secondary N) is 2. The van der Waals surface area contributed by atoms with Crippen molar-refractivity contribution in [3.63, 3.8) is 0 Å². The van der Waals surface area contributed by atoms with Gasteiger partial charge in [0.1, 0.15) is 0 Å². The Labute approximate surface area is 121 Å². The van der Waals surface area contributed by atoms with Crippen molar-refractivity contribution >= 4 is 18.3 Å². The lowest BCUT2D eigenvalue weighted by molar-refractivity contribution is -0.125. The van der Waals surface area contributed by atoms with E-state index in [1.807, 2.05) is 13.8 Å². The zero-order chi connectivity index (χ0) is 13.6. The summed E-state index contributed by atoms with van der Waals surface area (Å²) in [4.78, 5) is 11.8.